The second kappa shape index (κ2) is 19.0. The molecule has 19 heteroatoms. The number of nitrogens with one attached hydrogen (secondary N) is 1. The summed E-state index contributed by atoms with van der Waals surface area (Å²) >= 11 is 0. The third kappa shape index (κ3) is 10.2. The van der Waals surface area contributed by atoms with Crippen molar-refractivity contribution in [1.29, 1.82) is 0 Å². The number of fused-ring (bicyclic) bond motifs is 1. The van der Waals surface area contributed by atoms with E-state index in [1.807, 2.05) is 31.5 Å². The lowest BCUT2D eigenvalue weighted by Gasteiger charge is -2.35. The van der Waals surface area contributed by atoms with Gasteiger partial charge >= 0.3 is 23.9 Å². The highest BCUT2D eigenvalue weighted by Crippen LogP contribution is 2.33. The Morgan fingerprint density at radius 3 is 2.15 bits per heavy atom. The second-order valence-corrected chi connectivity index (χ2v) is 14.7. The summed E-state index contributed by atoms with van der Waals surface area (Å²) in [5.41, 5.74) is -1.17. The van der Waals surface area contributed by atoms with Crippen molar-refractivity contribution in [1.82, 2.24) is 23.7 Å². The summed E-state index contributed by atoms with van der Waals surface area (Å²) in [6.07, 6.45) is 2.71. The largest absolute Gasteiger partial charge is 0.493 e. The predicted octanol–water partition coefficient (Wildman–Crippen LogP) is 2.32. The van der Waals surface area contributed by atoms with Crippen LogP contribution in [0.5, 0.6) is 5.75 Å². The number of H-pyrrole nitrogens is 1. The number of hydrogen-bond acceptors (Lipinski definition) is 11. The number of ether oxygens (including phenoxy) is 1. The zero-order valence-electron chi connectivity index (χ0n) is 30.8. The van der Waals surface area contributed by atoms with E-state index in [4.69, 9.17) is 19.9 Å². The number of aromatic nitrogens is 3. The van der Waals surface area contributed by atoms with Gasteiger partial charge in [-0.3, -0.25) is 19.2 Å². The first-order valence-electron chi connectivity index (χ1n) is 17.7. The Morgan fingerprint density at radius 1 is 0.981 bits per heavy atom. The van der Waals surface area contributed by atoms with Gasteiger partial charge in [-0.1, -0.05) is 27.2 Å². The van der Waals surface area contributed by atoms with E-state index in [0.29, 0.717) is 48.3 Å². The lowest BCUT2D eigenvalue weighted by Crippen LogP contribution is -2.53. The Balaban J connectivity index is 0.00000147. The average molecular weight is 780 g/mol. The molecule has 6 N–H and O–H groups in total. The summed E-state index contributed by atoms with van der Waals surface area (Å²) in [5.74, 6) is -7.40. The van der Waals surface area contributed by atoms with Crippen LogP contribution >= 0.6 is 0 Å². The number of nitrogens with zero attached hydrogens (tertiary/aromatic N) is 4. The molecule has 298 valence electrons. The number of aromatic amines is 1. The van der Waals surface area contributed by atoms with Crippen LogP contribution in [0.2, 0.25) is 0 Å². The smallest absolute Gasteiger partial charge is 0.337 e. The van der Waals surface area contributed by atoms with Crippen LogP contribution < -0.4 is 10.3 Å². The van der Waals surface area contributed by atoms with E-state index in [1.165, 1.54) is 22.5 Å². The van der Waals surface area contributed by atoms with E-state index < -0.39 is 51.8 Å². The van der Waals surface area contributed by atoms with Gasteiger partial charge in [0.05, 0.1) is 34.9 Å². The molecule has 1 saturated heterocycles. The zero-order valence-corrected chi connectivity index (χ0v) is 31.6. The summed E-state index contributed by atoms with van der Waals surface area (Å²) in [7, 11) is -4.07. The highest BCUT2D eigenvalue weighted by atomic mass is 32.2. The number of hydrogen-bond donors (Lipinski definition) is 6. The first kappa shape index (κ1) is 43.6. The first-order chi connectivity index (χ1) is 25.4. The number of carboxylic acids is 4. The minimum atomic E-state index is -4.07. The minimum absolute atomic E-state index is 0.0189. The SMILES string of the molecule is CCC(=O)O.CCCOc1ccc(S(=O)(=O)N2CCN(CC[C@H](C(=O)O)C(O)(CC(=O)O)C(=O)O)CC2)cc1-c1nc2c(CCC)cn(CC)c2c(=O)[nH]1. The Morgan fingerprint density at radius 2 is 1.63 bits per heavy atom. The van der Waals surface area contributed by atoms with Crippen molar-refractivity contribution in [3.05, 3.63) is 40.3 Å². The number of rotatable bonds is 18. The molecule has 1 aromatic carbocycles. The standard InChI is InChI=1S/C32H43N5O11S.C3H6O2/c1-4-7-20-19-36(6-3)27-26(20)33-28(34-29(27)40)22-17-21(8-9-24(22)48-16-5-2)49(46,47)37-14-12-35(13-15-37)11-10-23(30(41)42)32(45,31(43)44)18-25(38)39;1-2-3(4)5/h8-9,17,19,23,45H,4-7,10-16,18H2,1-3H3,(H,38,39)(H,41,42)(H,43,44)(H,33,34,40);2H2,1H3,(H,4,5)/t23-,32?;/m1./s1. The maximum absolute atomic E-state index is 13.9. The quantitative estimate of drug-likeness (QED) is 0.108. The Kier molecular flexibility index (Phi) is 15.3. The number of aliphatic hydroxyl groups is 1. The topological polar surface area (TPSA) is 270 Å². The molecule has 4 rings (SSSR count). The van der Waals surface area contributed by atoms with E-state index >= 15 is 0 Å². The lowest BCUT2D eigenvalue weighted by molar-refractivity contribution is -0.179. The minimum Gasteiger partial charge on any atom is -0.493 e. The molecule has 0 bridgehead atoms. The molecule has 54 heavy (non-hydrogen) atoms. The van der Waals surface area contributed by atoms with Crippen LogP contribution in [0, 0.1) is 5.92 Å². The molecule has 0 amide bonds. The van der Waals surface area contributed by atoms with E-state index in [-0.39, 0.29) is 61.8 Å². The molecular weight excluding hydrogens is 730 g/mol. The van der Waals surface area contributed by atoms with Gasteiger partial charge in [-0.25, -0.2) is 18.2 Å². The monoisotopic (exact) mass is 779 g/mol. The Hall–Kier alpha value is -4.85. The molecule has 1 aliphatic heterocycles. The number of aryl methyl sites for hydroxylation is 2. The van der Waals surface area contributed by atoms with Crippen molar-refractivity contribution in [2.45, 2.75) is 83.3 Å². The fourth-order valence-electron chi connectivity index (χ4n) is 6.09. The molecule has 3 heterocycles. The predicted molar refractivity (Wildman–Crippen MR) is 195 cm³/mol. The Bertz CT molecular complexity index is 1990. The van der Waals surface area contributed by atoms with Gasteiger partial charge in [-0.2, -0.15) is 4.31 Å². The molecule has 18 nitrogen and oxygen atoms in total. The van der Waals surface area contributed by atoms with Crippen LogP contribution in [-0.2, 0) is 42.2 Å². The first-order valence-corrected chi connectivity index (χ1v) is 19.1. The Labute approximate surface area is 312 Å². The lowest BCUT2D eigenvalue weighted by atomic mass is 9.82. The molecule has 2 aromatic heterocycles. The molecule has 1 unspecified atom stereocenters. The average Bonchev–Trinajstić information content (AvgIpc) is 3.48. The van der Waals surface area contributed by atoms with Gasteiger partial charge in [0.15, 0.2) is 5.60 Å². The fourth-order valence-corrected chi connectivity index (χ4v) is 7.54. The van der Waals surface area contributed by atoms with Crippen LogP contribution in [0.3, 0.4) is 0 Å². The number of piperazine rings is 1. The van der Waals surface area contributed by atoms with Gasteiger partial charge < -0.3 is 44.7 Å². The van der Waals surface area contributed by atoms with E-state index in [2.05, 4.69) is 4.98 Å². The number of sulfonamides is 1. The highest BCUT2D eigenvalue weighted by molar-refractivity contribution is 7.89. The summed E-state index contributed by atoms with van der Waals surface area (Å²) in [6.45, 7) is 8.78. The molecular formula is C35H49N5O13S. The molecule has 0 radical (unpaired) electrons. The van der Waals surface area contributed by atoms with Crippen LogP contribution in [0.15, 0.2) is 34.1 Å². The molecule has 0 aliphatic carbocycles. The van der Waals surface area contributed by atoms with Crippen LogP contribution in [0.25, 0.3) is 22.4 Å². The molecule has 0 saturated carbocycles. The van der Waals surface area contributed by atoms with Crippen LogP contribution in [0.4, 0.5) is 0 Å². The maximum atomic E-state index is 13.9. The van der Waals surface area contributed by atoms with E-state index in [9.17, 15) is 47.7 Å². The number of aliphatic carboxylic acids is 4. The number of carboxylic acid groups (broad SMARTS) is 4. The van der Waals surface area contributed by atoms with Crippen molar-refractivity contribution in [3.8, 4) is 17.1 Å². The van der Waals surface area contributed by atoms with Crippen molar-refractivity contribution in [3.63, 3.8) is 0 Å². The summed E-state index contributed by atoms with van der Waals surface area (Å²) < 4.78 is 36.8. The summed E-state index contributed by atoms with van der Waals surface area (Å²) in [6, 6.07) is 4.39. The number of carbonyl (C=O) groups is 4. The fraction of sp³-hybridized carbons (Fsp3) is 0.543. The molecule has 2 atom stereocenters. The van der Waals surface area contributed by atoms with Gasteiger partial charge in [-0.15, -0.1) is 0 Å². The van der Waals surface area contributed by atoms with Gasteiger partial charge in [0.2, 0.25) is 10.0 Å². The second-order valence-electron chi connectivity index (χ2n) is 12.8. The van der Waals surface area contributed by atoms with Gasteiger partial charge in [0.25, 0.3) is 5.56 Å². The van der Waals surface area contributed by atoms with Crippen LogP contribution in [0.1, 0.15) is 65.4 Å². The maximum Gasteiger partial charge on any atom is 0.337 e. The van der Waals surface area contributed by atoms with Crippen molar-refractivity contribution in [2.75, 3.05) is 39.3 Å². The van der Waals surface area contributed by atoms with E-state index in [0.717, 1.165) is 12.0 Å². The molecule has 3 aromatic rings. The van der Waals surface area contributed by atoms with Crippen molar-refractivity contribution in [2.24, 2.45) is 5.92 Å². The number of benzene rings is 1. The van der Waals surface area contributed by atoms with Gasteiger partial charge in [0, 0.05) is 45.3 Å². The summed E-state index contributed by atoms with van der Waals surface area (Å²) in [4.78, 5) is 66.7. The van der Waals surface area contributed by atoms with Gasteiger partial charge in [-0.05, 0) is 56.5 Å². The zero-order chi connectivity index (χ0) is 40.4. The highest BCUT2D eigenvalue weighted by Gasteiger charge is 2.50. The van der Waals surface area contributed by atoms with E-state index in [1.54, 1.807) is 11.8 Å². The van der Waals surface area contributed by atoms with Crippen molar-refractivity contribution >= 4 is 44.9 Å². The normalized spacial score (nSPS) is 15.5. The summed E-state index contributed by atoms with van der Waals surface area (Å²) in [5, 5.41) is 46.3. The van der Waals surface area contributed by atoms with Crippen molar-refractivity contribution < 1.29 is 57.9 Å². The molecule has 1 aliphatic rings. The van der Waals surface area contributed by atoms with Gasteiger partial charge in [0.1, 0.15) is 17.1 Å². The molecule has 0 spiro atoms. The third-order valence-corrected chi connectivity index (χ3v) is 10.9. The molecule has 1 fully saturated rings. The third-order valence-electron chi connectivity index (χ3n) is 9.00. The van der Waals surface area contributed by atoms with Crippen LogP contribution in [-0.4, -0.2) is 126 Å².